The van der Waals surface area contributed by atoms with Crippen LogP contribution in [0.5, 0.6) is 0 Å². The topological polar surface area (TPSA) is 123 Å². The van der Waals surface area contributed by atoms with E-state index in [2.05, 4.69) is 0 Å². The lowest BCUT2D eigenvalue weighted by atomic mass is 9.84. The molecule has 1 unspecified atom stereocenters. The highest BCUT2D eigenvalue weighted by Gasteiger charge is 2.45. The van der Waals surface area contributed by atoms with E-state index in [0.717, 1.165) is 5.82 Å². The number of phosphoric ester groups is 1. The molecule has 0 amide bonds. The van der Waals surface area contributed by atoms with E-state index >= 15 is 0 Å². The molecule has 8 nitrogen and oxygen atoms in total. The van der Waals surface area contributed by atoms with Crippen molar-refractivity contribution in [1.29, 1.82) is 0 Å². The molecule has 1 aliphatic carbocycles. The second-order valence-corrected chi connectivity index (χ2v) is 9.56. The van der Waals surface area contributed by atoms with Crippen LogP contribution < -0.4 is 0 Å². The van der Waals surface area contributed by atoms with Gasteiger partial charge in [0.1, 0.15) is 7.85 Å². The number of hydrogen-bond donors (Lipinski definition) is 3. The van der Waals surface area contributed by atoms with Crippen molar-refractivity contribution in [1.82, 2.24) is 0 Å². The molecule has 0 aliphatic heterocycles. The molecule has 1 rings (SSSR count). The fraction of sp³-hybridized carbons (Fsp3) is 0.833. The molecule has 1 saturated carbocycles. The SMILES string of the molecule is B[C@H]1C[C@H](/C=C/P(=O)(O)O)[C@@H](OC)[C@H]1OP(=O)(O)OC(C)(C)C. The Hall–Kier alpha value is 0.0249. The molecule has 5 atom stereocenters. The predicted molar refractivity (Wildman–Crippen MR) is 87.9 cm³/mol. The van der Waals surface area contributed by atoms with Gasteiger partial charge in [-0.1, -0.05) is 6.08 Å². The molecule has 134 valence electrons. The number of phosphoric acid groups is 1. The highest BCUT2D eigenvalue weighted by atomic mass is 31.2. The molecule has 3 N–H and O–H groups in total. The Morgan fingerprint density at radius 3 is 2.17 bits per heavy atom. The third-order valence-electron chi connectivity index (χ3n) is 3.39. The molecule has 0 bridgehead atoms. The molecule has 1 aliphatic rings. The van der Waals surface area contributed by atoms with Crippen LogP contribution in [0.4, 0.5) is 0 Å². The second kappa shape index (κ2) is 7.50. The van der Waals surface area contributed by atoms with Gasteiger partial charge in [0.2, 0.25) is 0 Å². The minimum atomic E-state index is -4.29. The molecule has 0 radical (unpaired) electrons. The highest BCUT2D eigenvalue weighted by Crippen LogP contribution is 2.53. The van der Waals surface area contributed by atoms with E-state index in [0.29, 0.717) is 6.42 Å². The molecule has 0 aromatic heterocycles. The summed E-state index contributed by atoms with van der Waals surface area (Å²) >= 11 is 0. The molecular weight excluding hydrogens is 345 g/mol. The Kier molecular flexibility index (Phi) is 6.87. The zero-order valence-electron chi connectivity index (χ0n) is 13.9. The normalized spacial score (nSPS) is 32.3. The van der Waals surface area contributed by atoms with Crippen LogP contribution in [0.2, 0.25) is 5.82 Å². The minimum Gasteiger partial charge on any atom is -0.378 e. The fourth-order valence-corrected chi connectivity index (χ4v) is 4.49. The lowest BCUT2D eigenvalue weighted by Crippen LogP contribution is -2.31. The fourth-order valence-electron chi connectivity index (χ4n) is 2.67. The Balaban J connectivity index is 2.89. The maximum Gasteiger partial charge on any atom is 0.473 e. The van der Waals surface area contributed by atoms with Crippen LogP contribution in [-0.2, 0) is 22.9 Å². The molecule has 0 spiro atoms. The van der Waals surface area contributed by atoms with Gasteiger partial charge in [-0.15, -0.1) is 0 Å². The summed E-state index contributed by atoms with van der Waals surface area (Å²) in [6.07, 6.45) is 0.568. The summed E-state index contributed by atoms with van der Waals surface area (Å²) in [7, 11) is -5.32. The van der Waals surface area contributed by atoms with Gasteiger partial charge in [0.25, 0.3) is 0 Å². The molecule has 0 heterocycles. The van der Waals surface area contributed by atoms with Crippen molar-refractivity contribution in [2.45, 2.75) is 50.8 Å². The predicted octanol–water partition coefficient (Wildman–Crippen LogP) is 1.44. The van der Waals surface area contributed by atoms with Crippen molar-refractivity contribution >= 4 is 23.3 Å². The number of rotatable bonds is 6. The van der Waals surface area contributed by atoms with Crippen LogP contribution in [0.15, 0.2) is 11.9 Å². The Labute approximate surface area is 137 Å². The van der Waals surface area contributed by atoms with E-state index in [1.54, 1.807) is 20.8 Å². The monoisotopic (exact) mass is 370 g/mol. The first-order valence-electron chi connectivity index (χ1n) is 7.23. The van der Waals surface area contributed by atoms with Crippen LogP contribution >= 0.6 is 15.4 Å². The molecule has 1 fully saturated rings. The standard InChI is InChI=1S/C12H25BO8P2/c1-12(2,3)21-23(17,18)20-11-9(13)7-8(10(11)19-4)5-6-22(14,15)16/h5-6,8-11H,7,13H2,1-4H3,(H,17,18)(H2,14,15,16)/b6-5+/t8-,9-,10+,11-/m0/s1. The van der Waals surface area contributed by atoms with Gasteiger partial charge in [-0.3, -0.25) is 13.6 Å². The van der Waals surface area contributed by atoms with Crippen molar-refractivity contribution in [3.63, 3.8) is 0 Å². The van der Waals surface area contributed by atoms with Crippen molar-refractivity contribution in [2.75, 3.05) is 7.11 Å². The summed E-state index contributed by atoms with van der Waals surface area (Å²) in [6, 6.07) is 0. The maximum atomic E-state index is 12.1. The third kappa shape index (κ3) is 7.20. The van der Waals surface area contributed by atoms with Crippen LogP contribution in [0.1, 0.15) is 27.2 Å². The molecule has 23 heavy (non-hydrogen) atoms. The van der Waals surface area contributed by atoms with Crippen LogP contribution in [0.25, 0.3) is 0 Å². The Morgan fingerprint density at radius 1 is 1.17 bits per heavy atom. The second-order valence-electron chi connectivity index (χ2n) is 6.75. The first kappa shape index (κ1) is 21.1. The van der Waals surface area contributed by atoms with Crippen molar-refractivity contribution in [2.24, 2.45) is 5.92 Å². The summed E-state index contributed by atoms with van der Waals surface area (Å²) < 4.78 is 38.8. The molecule has 0 aromatic rings. The van der Waals surface area contributed by atoms with E-state index < -0.39 is 33.2 Å². The third-order valence-corrected chi connectivity index (χ3v) is 5.24. The van der Waals surface area contributed by atoms with E-state index in [9.17, 15) is 14.0 Å². The van der Waals surface area contributed by atoms with E-state index in [1.165, 1.54) is 13.2 Å². The average molecular weight is 370 g/mol. The van der Waals surface area contributed by atoms with Crippen molar-refractivity contribution in [3.05, 3.63) is 11.9 Å². The van der Waals surface area contributed by atoms with Gasteiger partial charge in [0.15, 0.2) is 0 Å². The zero-order chi connectivity index (χ0) is 18.1. The number of hydrogen-bond acceptors (Lipinski definition) is 5. The summed E-state index contributed by atoms with van der Waals surface area (Å²) in [4.78, 5) is 27.8. The van der Waals surface area contributed by atoms with Crippen molar-refractivity contribution < 1.29 is 37.6 Å². The van der Waals surface area contributed by atoms with Gasteiger partial charge in [0, 0.05) is 18.8 Å². The van der Waals surface area contributed by atoms with Gasteiger partial charge < -0.3 is 19.4 Å². The van der Waals surface area contributed by atoms with Gasteiger partial charge in [-0.2, -0.15) is 0 Å². The summed E-state index contributed by atoms with van der Waals surface area (Å²) in [5.41, 5.74) is -0.853. The first-order valence-corrected chi connectivity index (χ1v) is 10.4. The molecule has 11 heteroatoms. The smallest absolute Gasteiger partial charge is 0.378 e. The highest BCUT2D eigenvalue weighted by molar-refractivity contribution is 7.55. The molecular formula is C12H25BO8P2. The van der Waals surface area contributed by atoms with Crippen LogP contribution in [0.3, 0.4) is 0 Å². The van der Waals surface area contributed by atoms with Gasteiger partial charge in [0.05, 0.1) is 17.8 Å². The van der Waals surface area contributed by atoms with E-state index in [-0.39, 0.29) is 11.7 Å². The molecule has 0 aromatic carbocycles. The summed E-state index contributed by atoms with van der Waals surface area (Å²) in [5.74, 6) is 0.348. The first-order chi connectivity index (χ1) is 10.2. The average Bonchev–Trinajstić information content (AvgIpc) is 2.58. The van der Waals surface area contributed by atoms with Gasteiger partial charge in [-0.05, 0) is 33.0 Å². The van der Waals surface area contributed by atoms with Crippen molar-refractivity contribution in [3.8, 4) is 0 Å². The lowest BCUT2D eigenvalue weighted by Gasteiger charge is -2.29. The van der Waals surface area contributed by atoms with E-state index in [1.807, 2.05) is 7.85 Å². The maximum absolute atomic E-state index is 12.1. The van der Waals surface area contributed by atoms with Crippen LogP contribution in [0, 0.1) is 5.92 Å². The zero-order valence-corrected chi connectivity index (χ0v) is 15.7. The summed E-state index contributed by atoms with van der Waals surface area (Å²) in [5, 5.41) is 0. The van der Waals surface area contributed by atoms with E-state index in [4.69, 9.17) is 23.6 Å². The van der Waals surface area contributed by atoms with Gasteiger partial charge in [-0.25, -0.2) is 4.57 Å². The lowest BCUT2D eigenvalue weighted by molar-refractivity contribution is -0.0215. The summed E-state index contributed by atoms with van der Waals surface area (Å²) in [6.45, 7) is 4.91. The Morgan fingerprint density at radius 2 is 1.74 bits per heavy atom. The Bertz CT molecular complexity index is 526. The minimum absolute atomic E-state index is 0.143. The van der Waals surface area contributed by atoms with Crippen LogP contribution in [-0.4, -0.2) is 47.4 Å². The van der Waals surface area contributed by atoms with Gasteiger partial charge >= 0.3 is 15.4 Å². The number of ether oxygens (including phenoxy) is 1. The largest absolute Gasteiger partial charge is 0.473 e. The molecule has 0 saturated heterocycles. The quantitative estimate of drug-likeness (QED) is 0.474. The number of methoxy groups -OCH3 is 1.